The van der Waals surface area contributed by atoms with Crippen molar-refractivity contribution in [3.8, 4) is 22.3 Å². The van der Waals surface area contributed by atoms with Gasteiger partial charge in [-0.1, -0.05) is 90.5 Å². The van der Waals surface area contributed by atoms with Crippen LogP contribution in [0.25, 0.3) is 22.3 Å². The van der Waals surface area contributed by atoms with Gasteiger partial charge < -0.3 is 5.32 Å². The average molecular weight is 419 g/mol. The number of allylic oxidation sites excluding steroid dienone is 5. The number of aliphatic imine (C=N–C) groups is 1. The normalized spacial score (nSPS) is 13.9. The van der Waals surface area contributed by atoms with E-state index < -0.39 is 0 Å². The lowest BCUT2D eigenvalue weighted by Crippen LogP contribution is -2.01. The molecule has 1 aliphatic carbocycles. The topological polar surface area (TPSA) is 24.4 Å². The van der Waals surface area contributed by atoms with Gasteiger partial charge in [0.1, 0.15) is 0 Å². The highest BCUT2D eigenvalue weighted by Gasteiger charge is 2.05. The summed E-state index contributed by atoms with van der Waals surface area (Å²) in [5.74, 6) is 0. The first kappa shape index (κ1) is 21.6. The van der Waals surface area contributed by atoms with E-state index in [1.54, 1.807) is 0 Å². The zero-order valence-corrected chi connectivity index (χ0v) is 18.9. The third-order valence-corrected chi connectivity index (χ3v) is 5.59. The van der Waals surface area contributed by atoms with Crippen molar-refractivity contribution in [2.45, 2.75) is 26.3 Å². The van der Waals surface area contributed by atoms with Crippen LogP contribution in [-0.4, -0.2) is 13.3 Å². The molecule has 0 fully saturated rings. The number of aryl methyl sites for hydroxylation is 1. The molecule has 1 aliphatic rings. The van der Waals surface area contributed by atoms with Crippen LogP contribution < -0.4 is 5.32 Å². The highest BCUT2D eigenvalue weighted by atomic mass is 14.8. The van der Waals surface area contributed by atoms with Crippen molar-refractivity contribution < 1.29 is 0 Å². The smallest absolute Gasteiger partial charge is 0.0640 e. The van der Waals surface area contributed by atoms with Gasteiger partial charge in [-0.05, 0) is 59.2 Å². The maximum Gasteiger partial charge on any atom is 0.0640 e. The summed E-state index contributed by atoms with van der Waals surface area (Å²) in [6.45, 7) is 2.81. The van der Waals surface area contributed by atoms with Crippen molar-refractivity contribution in [1.29, 1.82) is 0 Å². The van der Waals surface area contributed by atoms with E-state index in [0.29, 0.717) is 6.54 Å². The number of nitrogens with one attached hydrogen (secondary N) is 1. The Morgan fingerprint density at radius 2 is 1.59 bits per heavy atom. The molecule has 0 aliphatic heterocycles. The zero-order chi connectivity index (χ0) is 22.2. The fourth-order valence-corrected chi connectivity index (χ4v) is 4.03. The molecule has 0 saturated heterocycles. The van der Waals surface area contributed by atoms with Crippen molar-refractivity contribution in [3.63, 3.8) is 0 Å². The van der Waals surface area contributed by atoms with Crippen LogP contribution in [0.3, 0.4) is 0 Å². The molecule has 2 heteroatoms. The number of hydrogen-bond acceptors (Lipinski definition) is 2. The van der Waals surface area contributed by atoms with Crippen LogP contribution >= 0.6 is 0 Å². The van der Waals surface area contributed by atoms with Crippen LogP contribution in [-0.2, 0) is 6.54 Å². The first-order valence-electron chi connectivity index (χ1n) is 11.2. The molecule has 3 aromatic carbocycles. The van der Waals surface area contributed by atoms with E-state index in [4.69, 9.17) is 4.99 Å². The van der Waals surface area contributed by atoms with Gasteiger partial charge in [-0.3, -0.25) is 4.99 Å². The molecule has 2 nitrogen and oxygen atoms in total. The predicted molar refractivity (Wildman–Crippen MR) is 138 cm³/mol. The Hall–Kier alpha value is -3.65. The first-order valence-corrected chi connectivity index (χ1v) is 11.2. The first-order chi connectivity index (χ1) is 15.7. The minimum Gasteiger partial charge on any atom is -0.393 e. The molecular weight excluding hydrogens is 388 g/mol. The van der Waals surface area contributed by atoms with Crippen LogP contribution in [0.5, 0.6) is 0 Å². The molecule has 32 heavy (non-hydrogen) atoms. The summed E-state index contributed by atoms with van der Waals surface area (Å²) in [5, 5.41) is 3.14. The van der Waals surface area contributed by atoms with Gasteiger partial charge in [0, 0.05) is 25.0 Å². The maximum atomic E-state index is 4.76. The van der Waals surface area contributed by atoms with Crippen LogP contribution in [0.15, 0.2) is 113 Å². The van der Waals surface area contributed by atoms with Gasteiger partial charge in [-0.2, -0.15) is 0 Å². The largest absolute Gasteiger partial charge is 0.393 e. The van der Waals surface area contributed by atoms with Gasteiger partial charge >= 0.3 is 0 Å². The Kier molecular flexibility index (Phi) is 7.14. The second-order valence-electron chi connectivity index (χ2n) is 8.15. The van der Waals surface area contributed by atoms with E-state index in [0.717, 1.165) is 18.4 Å². The number of benzene rings is 3. The Bertz CT molecular complexity index is 1160. The van der Waals surface area contributed by atoms with Crippen LogP contribution in [0.1, 0.15) is 24.0 Å². The van der Waals surface area contributed by atoms with Crippen molar-refractivity contribution in [1.82, 2.24) is 5.32 Å². The van der Waals surface area contributed by atoms with E-state index in [2.05, 4.69) is 103 Å². The third-order valence-electron chi connectivity index (χ3n) is 5.59. The Labute approximate surface area is 191 Å². The van der Waals surface area contributed by atoms with E-state index >= 15 is 0 Å². The van der Waals surface area contributed by atoms with Gasteiger partial charge in [0.2, 0.25) is 0 Å². The summed E-state index contributed by atoms with van der Waals surface area (Å²) in [7, 11) is 1.93. The van der Waals surface area contributed by atoms with E-state index in [1.165, 1.54) is 39.0 Å². The highest BCUT2D eigenvalue weighted by molar-refractivity contribution is 5.86. The minimum atomic E-state index is 0.662. The maximum absolute atomic E-state index is 4.76. The second kappa shape index (κ2) is 10.6. The lowest BCUT2D eigenvalue weighted by atomic mass is 9.97. The number of hydrogen-bond donors (Lipinski definition) is 1. The molecule has 3 aromatic rings. The molecule has 0 unspecified atom stereocenters. The van der Waals surface area contributed by atoms with Crippen molar-refractivity contribution >= 4 is 6.21 Å². The molecule has 0 radical (unpaired) electrons. The van der Waals surface area contributed by atoms with Gasteiger partial charge in [0.15, 0.2) is 0 Å². The quantitative estimate of drug-likeness (QED) is 0.401. The third kappa shape index (κ3) is 5.53. The average Bonchev–Trinajstić information content (AvgIpc) is 2.84. The van der Waals surface area contributed by atoms with Crippen molar-refractivity contribution in [3.05, 3.63) is 119 Å². The SMILES string of the molecule is CN/C=C(\C=N/Cc1cc(C)cc(-c2ccc(-c3ccccc3)cc2)c1)C1=CCCC=C1. The molecule has 160 valence electrons. The van der Waals surface area contributed by atoms with Crippen molar-refractivity contribution in [2.24, 2.45) is 4.99 Å². The summed E-state index contributed by atoms with van der Waals surface area (Å²) in [5.41, 5.74) is 9.77. The Balaban J connectivity index is 1.51. The monoisotopic (exact) mass is 418 g/mol. The lowest BCUT2D eigenvalue weighted by molar-refractivity contribution is 1.02. The van der Waals surface area contributed by atoms with E-state index in [-0.39, 0.29) is 0 Å². The van der Waals surface area contributed by atoms with Gasteiger partial charge in [-0.25, -0.2) is 0 Å². The van der Waals surface area contributed by atoms with Gasteiger partial charge in [-0.15, -0.1) is 0 Å². The number of rotatable bonds is 7. The summed E-state index contributed by atoms with van der Waals surface area (Å²) in [6.07, 6.45) is 12.9. The van der Waals surface area contributed by atoms with Crippen LogP contribution in [0.2, 0.25) is 0 Å². The van der Waals surface area contributed by atoms with E-state index in [9.17, 15) is 0 Å². The van der Waals surface area contributed by atoms with Crippen LogP contribution in [0.4, 0.5) is 0 Å². The highest BCUT2D eigenvalue weighted by Crippen LogP contribution is 2.26. The second-order valence-corrected chi connectivity index (χ2v) is 8.15. The molecule has 0 saturated carbocycles. The number of nitrogens with zero attached hydrogens (tertiary/aromatic N) is 1. The van der Waals surface area contributed by atoms with E-state index in [1.807, 2.05) is 19.5 Å². The molecule has 0 aromatic heterocycles. The van der Waals surface area contributed by atoms with Gasteiger partial charge in [0.25, 0.3) is 0 Å². The Morgan fingerprint density at radius 1 is 0.875 bits per heavy atom. The molecule has 0 heterocycles. The predicted octanol–water partition coefficient (Wildman–Crippen LogP) is 7.28. The van der Waals surface area contributed by atoms with Gasteiger partial charge in [0.05, 0.1) is 6.54 Å². The molecule has 0 bridgehead atoms. The molecule has 0 spiro atoms. The fourth-order valence-electron chi connectivity index (χ4n) is 4.03. The van der Waals surface area contributed by atoms with Crippen LogP contribution in [0, 0.1) is 6.92 Å². The summed E-state index contributed by atoms with van der Waals surface area (Å²) < 4.78 is 0. The molecule has 1 N–H and O–H groups in total. The summed E-state index contributed by atoms with van der Waals surface area (Å²) >= 11 is 0. The van der Waals surface area contributed by atoms with Crippen molar-refractivity contribution in [2.75, 3.05) is 7.05 Å². The molecular formula is C30H30N2. The molecule has 0 amide bonds. The fraction of sp³-hybridized carbons (Fsp3) is 0.167. The zero-order valence-electron chi connectivity index (χ0n) is 18.9. The molecule has 0 atom stereocenters. The molecule has 4 rings (SSSR count). The summed E-state index contributed by atoms with van der Waals surface area (Å²) in [6, 6.07) is 26.0. The standard InChI is InChI=1S/C30H30N2/c1-23-17-24(20-32-22-30(21-31-2)26-11-7-4-8-12-26)19-29(18-23)28-15-13-27(14-16-28)25-9-5-3-6-10-25/h3,5-7,9-19,21-22,31H,4,8,20H2,1-2H3/b30-21+,32-22-. The lowest BCUT2D eigenvalue weighted by Gasteiger charge is -2.09. The Morgan fingerprint density at radius 3 is 2.28 bits per heavy atom. The summed E-state index contributed by atoms with van der Waals surface area (Å²) in [4.78, 5) is 4.76. The minimum absolute atomic E-state index is 0.662.